The highest BCUT2D eigenvalue weighted by molar-refractivity contribution is 5.79. The Bertz CT molecular complexity index is 797. The van der Waals surface area contributed by atoms with Gasteiger partial charge in [0.15, 0.2) is 6.61 Å². The van der Waals surface area contributed by atoms with E-state index in [1.807, 2.05) is 0 Å². The number of hydrogen-bond donors (Lipinski definition) is 1. The summed E-state index contributed by atoms with van der Waals surface area (Å²) in [4.78, 5) is 18.9. The largest absolute Gasteiger partial charge is 0.497 e. The number of imidazole rings is 1. The van der Waals surface area contributed by atoms with E-state index in [0.717, 1.165) is 11.0 Å². The Morgan fingerprint density at radius 2 is 2.00 bits per heavy atom. The van der Waals surface area contributed by atoms with Gasteiger partial charge >= 0.3 is 5.97 Å². The zero-order valence-electron chi connectivity index (χ0n) is 11.9. The Morgan fingerprint density at radius 1 is 1.14 bits per heavy atom. The van der Waals surface area contributed by atoms with Crippen molar-refractivity contribution in [2.24, 2.45) is 0 Å². The molecular weight excluding hydrogens is 284 g/mol. The predicted octanol–water partition coefficient (Wildman–Crippen LogP) is 2.56. The molecule has 3 aromatic rings. The SMILES string of the molecule is COc1cccc(OCC(=O)Oc2ccc3nc[nH]c3c2)c1. The number of benzene rings is 2. The van der Waals surface area contributed by atoms with E-state index in [1.54, 1.807) is 55.9 Å². The summed E-state index contributed by atoms with van der Waals surface area (Å²) in [5.74, 6) is 1.16. The summed E-state index contributed by atoms with van der Waals surface area (Å²) in [6.45, 7) is -0.186. The minimum Gasteiger partial charge on any atom is -0.497 e. The second-order valence-corrected chi connectivity index (χ2v) is 4.52. The molecule has 2 aromatic carbocycles. The molecule has 1 heterocycles. The van der Waals surface area contributed by atoms with E-state index >= 15 is 0 Å². The van der Waals surface area contributed by atoms with E-state index in [4.69, 9.17) is 14.2 Å². The first-order valence-corrected chi connectivity index (χ1v) is 6.65. The van der Waals surface area contributed by atoms with Crippen LogP contribution in [0.25, 0.3) is 11.0 Å². The normalized spacial score (nSPS) is 10.4. The first-order chi connectivity index (χ1) is 10.7. The van der Waals surface area contributed by atoms with E-state index < -0.39 is 5.97 Å². The molecule has 0 aliphatic rings. The lowest BCUT2D eigenvalue weighted by atomic mass is 10.3. The molecule has 0 saturated heterocycles. The molecular formula is C16H14N2O4. The highest BCUT2D eigenvalue weighted by Gasteiger charge is 2.08. The average Bonchev–Trinajstić information content (AvgIpc) is 3.01. The molecule has 0 amide bonds. The van der Waals surface area contributed by atoms with Crippen LogP contribution in [-0.4, -0.2) is 29.7 Å². The Morgan fingerprint density at radius 3 is 2.86 bits per heavy atom. The Hall–Kier alpha value is -3.02. The smallest absolute Gasteiger partial charge is 0.349 e. The van der Waals surface area contributed by atoms with Crippen molar-refractivity contribution in [2.45, 2.75) is 0 Å². The zero-order chi connectivity index (χ0) is 15.4. The molecule has 1 N–H and O–H groups in total. The number of carbonyl (C=O) groups excluding carboxylic acids is 1. The van der Waals surface area contributed by atoms with Crippen LogP contribution in [0.15, 0.2) is 48.8 Å². The standard InChI is InChI=1S/C16H14N2O4/c1-20-11-3-2-4-12(7-11)21-9-16(19)22-13-5-6-14-15(8-13)18-10-17-14/h2-8,10H,9H2,1H3,(H,17,18). The number of nitrogens with zero attached hydrogens (tertiary/aromatic N) is 1. The van der Waals surface area contributed by atoms with Gasteiger partial charge in [-0.2, -0.15) is 0 Å². The van der Waals surface area contributed by atoms with E-state index in [9.17, 15) is 4.79 Å². The molecule has 22 heavy (non-hydrogen) atoms. The summed E-state index contributed by atoms with van der Waals surface area (Å²) in [5, 5.41) is 0. The van der Waals surface area contributed by atoms with Crippen molar-refractivity contribution in [3.05, 3.63) is 48.8 Å². The minimum atomic E-state index is -0.485. The summed E-state index contributed by atoms with van der Waals surface area (Å²) in [7, 11) is 1.57. The van der Waals surface area contributed by atoms with Gasteiger partial charge in [0, 0.05) is 12.1 Å². The second-order valence-electron chi connectivity index (χ2n) is 4.52. The zero-order valence-corrected chi connectivity index (χ0v) is 11.9. The van der Waals surface area contributed by atoms with Gasteiger partial charge in [-0.05, 0) is 24.3 Å². The number of nitrogens with one attached hydrogen (secondary N) is 1. The van der Waals surface area contributed by atoms with Gasteiger partial charge in [0.25, 0.3) is 0 Å². The molecule has 0 fully saturated rings. The first kappa shape index (κ1) is 13.9. The van der Waals surface area contributed by atoms with Crippen molar-refractivity contribution in [1.29, 1.82) is 0 Å². The van der Waals surface area contributed by atoms with Gasteiger partial charge in [0.1, 0.15) is 17.2 Å². The van der Waals surface area contributed by atoms with Gasteiger partial charge in [-0.15, -0.1) is 0 Å². The quantitative estimate of drug-likeness (QED) is 0.579. The van der Waals surface area contributed by atoms with Crippen LogP contribution in [0, 0.1) is 0 Å². The molecule has 0 spiro atoms. The third kappa shape index (κ3) is 3.17. The van der Waals surface area contributed by atoms with Crippen molar-refractivity contribution >= 4 is 17.0 Å². The fourth-order valence-electron chi connectivity index (χ4n) is 1.97. The van der Waals surface area contributed by atoms with Crippen molar-refractivity contribution in [3.8, 4) is 17.2 Å². The topological polar surface area (TPSA) is 73.4 Å². The average molecular weight is 298 g/mol. The summed E-state index contributed by atoms with van der Waals surface area (Å²) >= 11 is 0. The fourth-order valence-corrected chi connectivity index (χ4v) is 1.97. The van der Waals surface area contributed by atoms with Gasteiger partial charge in [0.05, 0.1) is 24.5 Å². The van der Waals surface area contributed by atoms with E-state index in [1.165, 1.54) is 0 Å². The van der Waals surface area contributed by atoms with E-state index in [2.05, 4.69) is 9.97 Å². The number of methoxy groups -OCH3 is 1. The molecule has 0 saturated carbocycles. The van der Waals surface area contributed by atoms with E-state index in [-0.39, 0.29) is 6.61 Å². The molecule has 1 aromatic heterocycles. The lowest BCUT2D eigenvalue weighted by Crippen LogP contribution is -2.17. The third-order valence-electron chi connectivity index (χ3n) is 3.02. The molecule has 0 unspecified atom stereocenters. The fraction of sp³-hybridized carbons (Fsp3) is 0.125. The molecule has 6 nitrogen and oxygen atoms in total. The van der Waals surface area contributed by atoms with Crippen LogP contribution in [0.2, 0.25) is 0 Å². The number of esters is 1. The lowest BCUT2D eigenvalue weighted by Gasteiger charge is -2.08. The molecule has 0 radical (unpaired) electrons. The summed E-state index contributed by atoms with van der Waals surface area (Å²) < 4.78 is 15.7. The van der Waals surface area contributed by atoms with Crippen molar-refractivity contribution in [1.82, 2.24) is 9.97 Å². The number of aromatic amines is 1. The van der Waals surface area contributed by atoms with Gasteiger partial charge in [0.2, 0.25) is 0 Å². The van der Waals surface area contributed by atoms with Gasteiger partial charge in [-0.3, -0.25) is 0 Å². The third-order valence-corrected chi connectivity index (χ3v) is 3.02. The van der Waals surface area contributed by atoms with Crippen LogP contribution < -0.4 is 14.2 Å². The molecule has 0 atom stereocenters. The van der Waals surface area contributed by atoms with Gasteiger partial charge in [-0.1, -0.05) is 6.07 Å². The monoisotopic (exact) mass is 298 g/mol. The summed E-state index contributed by atoms with van der Waals surface area (Å²) in [5.41, 5.74) is 1.62. The van der Waals surface area contributed by atoms with Crippen molar-refractivity contribution in [3.63, 3.8) is 0 Å². The number of aromatic nitrogens is 2. The first-order valence-electron chi connectivity index (χ1n) is 6.65. The Balaban J connectivity index is 1.59. The van der Waals surface area contributed by atoms with Crippen LogP contribution in [-0.2, 0) is 4.79 Å². The van der Waals surface area contributed by atoms with E-state index in [0.29, 0.717) is 17.2 Å². The highest BCUT2D eigenvalue weighted by atomic mass is 16.6. The minimum absolute atomic E-state index is 0.186. The highest BCUT2D eigenvalue weighted by Crippen LogP contribution is 2.20. The molecule has 6 heteroatoms. The van der Waals surface area contributed by atoms with Crippen LogP contribution in [0.1, 0.15) is 0 Å². The number of carbonyl (C=O) groups is 1. The van der Waals surface area contributed by atoms with Crippen LogP contribution in [0.3, 0.4) is 0 Å². The van der Waals surface area contributed by atoms with Gasteiger partial charge in [-0.25, -0.2) is 9.78 Å². The van der Waals surface area contributed by atoms with Crippen LogP contribution in [0.5, 0.6) is 17.2 Å². The summed E-state index contributed by atoms with van der Waals surface area (Å²) in [6, 6.07) is 12.2. The maximum Gasteiger partial charge on any atom is 0.349 e. The second kappa shape index (κ2) is 6.17. The predicted molar refractivity (Wildman–Crippen MR) is 80.2 cm³/mol. The molecule has 112 valence electrons. The maximum absolute atomic E-state index is 11.8. The van der Waals surface area contributed by atoms with Crippen LogP contribution in [0.4, 0.5) is 0 Å². The number of rotatable bonds is 5. The number of hydrogen-bond acceptors (Lipinski definition) is 5. The Labute approximate surface area is 126 Å². The number of H-pyrrole nitrogens is 1. The number of ether oxygens (including phenoxy) is 3. The maximum atomic E-state index is 11.8. The van der Waals surface area contributed by atoms with Gasteiger partial charge < -0.3 is 19.2 Å². The summed E-state index contributed by atoms with van der Waals surface area (Å²) in [6.07, 6.45) is 1.59. The Kier molecular flexibility index (Phi) is 3.91. The lowest BCUT2D eigenvalue weighted by molar-refractivity contribution is -0.136. The van der Waals surface area contributed by atoms with Crippen molar-refractivity contribution in [2.75, 3.05) is 13.7 Å². The molecule has 0 aliphatic carbocycles. The molecule has 3 rings (SSSR count). The molecule has 0 bridgehead atoms. The molecule has 0 aliphatic heterocycles. The number of fused-ring (bicyclic) bond motifs is 1. The van der Waals surface area contributed by atoms with Crippen LogP contribution >= 0.6 is 0 Å². The van der Waals surface area contributed by atoms with Crippen molar-refractivity contribution < 1.29 is 19.0 Å².